The van der Waals surface area contributed by atoms with Crippen molar-refractivity contribution < 1.29 is 36.2 Å². The van der Waals surface area contributed by atoms with Crippen molar-refractivity contribution >= 4 is 11.6 Å². The summed E-state index contributed by atoms with van der Waals surface area (Å²) in [4.78, 5) is 11.6. The van der Waals surface area contributed by atoms with Crippen LogP contribution >= 0.6 is 0 Å². The molecule has 4 nitrogen and oxygen atoms in total. The van der Waals surface area contributed by atoms with Crippen LogP contribution in [0.25, 0.3) is 0 Å². The van der Waals surface area contributed by atoms with Crippen molar-refractivity contribution in [3.8, 4) is 0 Å². The summed E-state index contributed by atoms with van der Waals surface area (Å²) in [7, 11) is 0. The molecule has 1 N–H and O–H groups in total. The summed E-state index contributed by atoms with van der Waals surface area (Å²) in [5.74, 6) is -7.27. The van der Waals surface area contributed by atoms with Gasteiger partial charge in [-0.2, -0.15) is 22.0 Å². The Bertz CT molecular complexity index is 841. The molecule has 1 aliphatic carbocycles. The minimum atomic E-state index is -4.99. The van der Waals surface area contributed by atoms with Gasteiger partial charge in [-0.15, -0.1) is 6.58 Å². The average Bonchev–Trinajstić information content (AvgIpc) is 3.20. The third-order valence-corrected chi connectivity index (χ3v) is 6.25. The van der Waals surface area contributed by atoms with E-state index in [1.165, 1.54) is 6.07 Å². The summed E-state index contributed by atoms with van der Waals surface area (Å²) in [6.07, 6.45) is -3.67. The first-order valence-corrected chi connectivity index (χ1v) is 9.38. The normalized spacial score (nSPS) is 31.3. The number of hydrogen-bond acceptors (Lipinski definition) is 3. The van der Waals surface area contributed by atoms with E-state index in [2.05, 4.69) is 6.58 Å². The lowest BCUT2D eigenvalue weighted by Gasteiger charge is -2.41. The summed E-state index contributed by atoms with van der Waals surface area (Å²) < 4.78 is 82.5. The van der Waals surface area contributed by atoms with Crippen LogP contribution in [0.15, 0.2) is 30.9 Å². The molecule has 0 aromatic heterocycles. The number of hydrogen-bond donors (Lipinski definition) is 1. The number of allylic oxidation sites excluding steroid dienone is 1. The van der Waals surface area contributed by atoms with Gasteiger partial charge >= 0.3 is 12.1 Å². The van der Waals surface area contributed by atoms with E-state index in [0.717, 1.165) is 12.1 Å². The molecule has 2 aliphatic heterocycles. The predicted octanol–water partition coefficient (Wildman–Crippen LogP) is 5.21. The van der Waals surface area contributed by atoms with Crippen LogP contribution in [0.5, 0.6) is 0 Å². The fourth-order valence-corrected chi connectivity index (χ4v) is 4.98. The van der Waals surface area contributed by atoms with Crippen molar-refractivity contribution in [3.05, 3.63) is 42.0 Å². The molecule has 4 rings (SSSR count). The van der Waals surface area contributed by atoms with Gasteiger partial charge in [0.25, 0.3) is 5.91 Å². The minimum Gasteiger partial charge on any atom is -0.349 e. The third-order valence-electron chi connectivity index (χ3n) is 6.25. The maximum Gasteiger partial charge on any atom is 0.419 e. The number of anilines is 1. The number of amides is 1. The van der Waals surface area contributed by atoms with Gasteiger partial charge in [-0.1, -0.05) is 18.2 Å². The molecule has 0 spiro atoms. The summed E-state index contributed by atoms with van der Waals surface area (Å²) in [6.45, 7) is 3.92. The number of carbonyl (C=O) groups is 1. The number of carbonyl (C=O) groups excluding carboxylic acids is 1. The van der Waals surface area contributed by atoms with Gasteiger partial charge in [0.15, 0.2) is 11.9 Å². The molecule has 0 radical (unpaired) electrons. The minimum absolute atomic E-state index is 0.224. The first-order chi connectivity index (χ1) is 13.6. The Labute approximate surface area is 164 Å². The Morgan fingerprint density at radius 3 is 2.72 bits per heavy atom. The first-order valence-electron chi connectivity index (χ1n) is 9.38. The second-order valence-electron chi connectivity index (χ2n) is 7.82. The Morgan fingerprint density at radius 2 is 2.03 bits per heavy atom. The van der Waals surface area contributed by atoms with Crippen molar-refractivity contribution in [1.29, 1.82) is 0 Å². The van der Waals surface area contributed by atoms with Gasteiger partial charge < -0.3 is 14.8 Å². The van der Waals surface area contributed by atoms with Crippen molar-refractivity contribution in [3.63, 3.8) is 0 Å². The van der Waals surface area contributed by atoms with Gasteiger partial charge in [0.1, 0.15) is 0 Å². The van der Waals surface area contributed by atoms with Crippen LogP contribution in [0.1, 0.15) is 49.3 Å². The number of nitrogens with one attached hydrogen (secondary N) is 1. The van der Waals surface area contributed by atoms with Crippen LogP contribution in [0.4, 0.5) is 27.6 Å². The zero-order chi connectivity index (χ0) is 21.1. The van der Waals surface area contributed by atoms with Crippen molar-refractivity contribution in [2.24, 2.45) is 5.41 Å². The summed E-state index contributed by atoms with van der Waals surface area (Å²) >= 11 is 0. The van der Waals surface area contributed by atoms with E-state index in [4.69, 9.17) is 9.47 Å². The molecule has 1 aromatic carbocycles. The Hall–Kier alpha value is -2.00. The molecule has 158 valence electrons. The van der Waals surface area contributed by atoms with Gasteiger partial charge in [-0.3, -0.25) is 4.79 Å². The second kappa shape index (κ2) is 6.50. The van der Waals surface area contributed by atoms with Crippen LogP contribution in [0.2, 0.25) is 0 Å². The highest BCUT2D eigenvalue weighted by Gasteiger charge is 2.63. The number of ether oxygens (including phenoxy) is 2. The molecular weight excluding hydrogens is 397 g/mol. The van der Waals surface area contributed by atoms with Gasteiger partial charge in [0.2, 0.25) is 0 Å². The maximum absolute atomic E-state index is 14.4. The van der Waals surface area contributed by atoms with Gasteiger partial charge in [0.05, 0.1) is 17.9 Å². The SMILES string of the molecule is C=CC[C@@]12CCC[C@]1(O[C@@H](c1cccc3c1C(F)(F)C(=O)N3)C(F)(F)F)OCC2. The Kier molecular flexibility index (Phi) is 4.55. The summed E-state index contributed by atoms with van der Waals surface area (Å²) in [5.41, 5.74) is -2.78. The largest absolute Gasteiger partial charge is 0.419 e. The molecule has 1 amide bonds. The average molecular weight is 417 g/mol. The van der Waals surface area contributed by atoms with E-state index in [1.54, 1.807) is 6.08 Å². The van der Waals surface area contributed by atoms with E-state index >= 15 is 0 Å². The standard InChI is InChI=1S/C20H20F5NO3/c1-2-7-17-8-4-9-18(17,28-11-10-17)29-15(20(23,24)25)12-5-3-6-13-14(12)19(21,22)16(27)26-13/h2-3,5-6,15H,1,4,7-11H2,(H,26,27)/t15-,17-,18+/m0/s1. The zero-order valence-corrected chi connectivity index (χ0v) is 15.5. The van der Waals surface area contributed by atoms with E-state index in [-0.39, 0.29) is 18.7 Å². The van der Waals surface area contributed by atoms with Crippen LogP contribution in [-0.4, -0.2) is 24.5 Å². The number of fused-ring (bicyclic) bond motifs is 2. The molecular formula is C20H20F5NO3. The molecule has 1 saturated carbocycles. The quantitative estimate of drug-likeness (QED) is 0.528. The summed E-state index contributed by atoms with van der Waals surface area (Å²) in [5, 5.41) is 1.94. The maximum atomic E-state index is 14.4. The van der Waals surface area contributed by atoms with E-state index in [0.29, 0.717) is 25.7 Å². The molecule has 2 fully saturated rings. The van der Waals surface area contributed by atoms with Crippen molar-refractivity contribution in [1.82, 2.24) is 0 Å². The van der Waals surface area contributed by atoms with Gasteiger partial charge in [0, 0.05) is 17.4 Å². The lowest BCUT2D eigenvalue weighted by molar-refractivity contribution is -0.330. The molecule has 0 bridgehead atoms. The number of halogens is 5. The molecule has 1 saturated heterocycles. The monoisotopic (exact) mass is 417 g/mol. The smallest absolute Gasteiger partial charge is 0.349 e. The van der Waals surface area contributed by atoms with Crippen LogP contribution < -0.4 is 5.32 Å². The lowest BCUT2D eigenvalue weighted by atomic mass is 9.77. The van der Waals surface area contributed by atoms with E-state index in [1.807, 2.05) is 5.32 Å². The van der Waals surface area contributed by atoms with Gasteiger partial charge in [-0.25, -0.2) is 0 Å². The van der Waals surface area contributed by atoms with Gasteiger partial charge in [-0.05, 0) is 31.7 Å². The molecule has 1 aromatic rings. The topological polar surface area (TPSA) is 47.6 Å². The second-order valence-corrected chi connectivity index (χ2v) is 7.82. The number of benzene rings is 1. The van der Waals surface area contributed by atoms with E-state index in [9.17, 15) is 26.7 Å². The molecule has 9 heteroatoms. The summed E-state index contributed by atoms with van der Waals surface area (Å²) in [6, 6.07) is 3.27. The Morgan fingerprint density at radius 1 is 1.28 bits per heavy atom. The fraction of sp³-hybridized carbons (Fsp3) is 0.550. The molecule has 3 aliphatic rings. The zero-order valence-electron chi connectivity index (χ0n) is 15.5. The van der Waals surface area contributed by atoms with Crippen molar-refractivity contribution in [2.75, 3.05) is 11.9 Å². The van der Waals surface area contributed by atoms with Crippen LogP contribution in [0.3, 0.4) is 0 Å². The molecule has 29 heavy (non-hydrogen) atoms. The van der Waals surface area contributed by atoms with Crippen LogP contribution in [0, 0.1) is 5.41 Å². The Balaban J connectivity index is 1.81. The first kappa shape index (κ1) is 20.3. The van der Waals surface area contributed by atoms with E-state index < -0.39 is 46.4 Å². The highest BCUT2D eigenvalue weighted by atomic mass is 19.4. The number of alkyl halides is 5. The van der Waals surface area contributed by atoms with Crippen molar-refractivity contribution in [2.45, 2.75) is 56.1 Å². The molecule has 0 unspecified atom stereocenters. The predicted molar refractivity (Wildman–Crippen MR) is 93.2 cm³/mol. The molecule has 3 atom stereocenters. The number of rotatable bonds is 5. The fourth-order valence-electron chi connectivity index (χ4n) is 4.98. The molecule has 2 heterocycles. The lowest BCUT2D eigenvalue weighted by Crippen LogP contribution is -2.46. The third kappa shape index (κ3) is 2.89. The van der Waals surface area contributed by atoms with Crippen LogP contribution in [-0.2, 0) is 20.2 Å². The highest BCUT2D eigenvalue weighted by Crippen LogP contribution is 2.61. The highest BCUT2D eigenvalue weighted by molar-refractivity contribution is 6.04.